The Bertz CT molecular complexity index is 459. The summed E-state index contributed by atoms with van der Waals surface area (Å²) in [5.74, 6) is 0. The first-order valence-corrected chi connectivity index (χ1v) is 6.76. The fraction of sp³-hybridized carbons (Fsp3) is 0.333. The summed E-state index contributed by atoms with van der Waals surface area (Å²) in [6.45, 7) is 0.220. The van der Waals surface area contributed by atoms with Crippen LogP contribution in [0.2, 0.25) is 10.0 Å². The van der Waals surface area contributed by atoms with Gasteiger partial charge in [-0.3, -0.25) is 0 Å². The molecule has 6 heteroatoms. The van der Waals surface area contributed by atoms with Crippen molar-refractivity contribution in [3.8, 4) is 0 Å². The van der Waals surface area contributed by atoms with E-state index in [1.165, 1.54) is 11.4 Å². The van der Waals surface area contributed by atoms with Crippen molar-refractivity contribution >= 4 is 33.2 Å². The van der Waals surface area contributed by atoms with Crippen molar-refractivity contribution in [2.75, 3.05) is 13.3 Å². The van der Waals surface area contributed by atoms with Crippen LogP contribution in [0.4, 0.5) is 0 Å². The van der Waals surface area contributed by atoms with E-state index in [-0.39, 0.29) is 6.54 Å². The number of benzene rings is 1. The number of hydrogen-bond donors (Lipinski definition) is 0. The van der Waals surface area contributed by atoms with Crippen LogP contribution in [0.3, 0.4) is 0 Å². The molecule has 1 aromatic rings. The zero-order valence-electron chi connectivity index (χ0n) is 8.37. The average molecular weight is 268 g/mol. The van der Waals surface area contributed by atoms with Crippen molar-refractivity contribution in [1.29, 1.82) is 0 Å². The highest BCUT2D eigenvalue weighted by Gasteiger charge is 2.13. The van der Waals surface area contributed by atoms with E-state index < -0.39 is 10.0 Å². The highest BCUT2D eigenvalue weighted by Crippen LogP contribution is 2.22. The van der Waals surface area contributed by atoms with E-state index in [1.54, 1.807) is 18.2 Å². The van der Waals surface area contributed by atoms with Crippen molar-refractivity contribution in [3.05, 3.63) is 33.8 Å². The standard InChI is InChI=1S/C9H11Cl2NO2S/c1-12(15(2,13)14)6-7-5-8(10)3-4-9(7)11/h3-5H,6H2,1-2H3. The molecule has 0 unspecified atom stereocenters. The molecule has 0 saturated heterocycles. The third-order valence-electron chi connectivity index (χ3n) is 1.97. The molecular formula is C9H11Cl2NO2S. The fourth-order valence-corrected chi connectivity index (χ4v) is 1.77. The fourth-order valence-electron chi connectivity index (χ4n) is 1.02. The molecule has 0 aliphatic rings. The Morgan fingerprint density at radius 3 is 2.47 bits per heavy atom. The van der Waals surface area contributed by atoms with Gasteiger partial charge in [-0.2, -0.15) is 0 Å². The molecule has 0 fully saturated rings. The maximum Gasteiger partial charge on any atom is 0.211 e. The van der Waals surface area contributed by atoms with Gasteiger partial charge in [-0.05, 0) is 23.8 Å². The normalized spacial score (nSPS) is 12.1. The monoisotopic (exact) mass is 267 g/mol. The Labute approximate surface area is 99.7 Å². The molecule has 0 aliphatic heterocycles. The summed E-state index contributed by atoms with van der Waals surface area (Å²) in [6, 6.07) is 4.97. The summed E-state index contributed by atoms with van der Waals surface area (Å²) in [4.78, 5) is 0. The molecular weight excluding hydrogens is 257 g/mol. The molecule has 0 spiro atoms. The van der Waals surface area contributed by atoms with Crippen LogP contribution in [0.5, 0.6) is 0 Å². The molecule has 1 rings (SSSR count). The summed E-state index contributed by atoms with van der Waals surface area (Å²) in [5.41, 5.74) is 0.692. The zero-order valence-corrected chi connectivity index (χ0v) is 10.7. The van der Waals surface area contributed by atoms with Crippen LogP contribution in [0.1, 0.15) is 5.56 Å². The summed E-state index contributed by atoms with van der Waals surface area (Å²) >= 11 is 11.7. The molecule has 84 valence electrons. The third kappa shape index (κ3) is 3.65. The molecule has 0 atom stereocenters. The minimum absolute atomic E-state index is 0.220. The molecule has 3 nitrogen and oxygen atoms in total. The van der Waals surface area contributed by atoms with E-state index in [0.717, 1.165) is 6.26 Å². The third-order valence-corrected chi connectivity index (χ3v) is 3.83. The predicted octanol–water partition coefficient (Wildman–Crippen LogP) is 2.38. The summed E-state index contributed by atoms with van der Waals surface area (Å²) in [6.07, 6.45) is 1.14. The molecule has 0 aromatic heterocycles. The van der Waals surface area contributed by atoms with Crippen molar-refractivity contribution in [2.45, 2.75) is 6.54 Å². The number of sulfonamides is 1. The number of rotatable bonds is 3. The first-order valence-electron chi connectivity index (χ1n) is 4.16. The summed E-state index contributed by atoms with van der Waals surface area (Å²) in [7, 11) is -1.71. The quantitative estimate of drug-likeness (QED) is 0.844. The molecule has 0 saturated carbocycles. The zero-order chi connectivity index (χ0) is 11.6. The van der Waals surface area contributed by atoms with Gasteiger partial charge >= 0.3 is 0 Å². The van der Waals surface area contributed by atoms with Crippen LogP contribution in [-0.2, 0) is 16.6 Å². The predicted molar refractivity (Wildman–Crippen MR) is 62.8 cm³/mol. The molecule has 0 amide bonds. The molecule has 1 aromatic carbocycles. The Morgan fingerprint density at radius 2 is 1.93 bits per heavy atom. The topological polar surface area (TPSA) is 37.4 Å². The maximum absolute atomic E-state index is 11.2. The van der Waals surface area contributed by atoms with Gasteiger partial charge < -0.3 is 0 Å². The van der Waals surface area contributed by atoms with Gasteiger partial charge in [0.05, 0.1) is 6.26 Å². The molecule has 0 heterocycles. The largest absolute Gasteiger partial charge is 0.213 e. The number of hydrogen-bond acceptors (Lipinski definition) is 2. The van der Waals surface area contributed by atoms with Crippen LogP contribution < -0.4 is 0 Å². The van der Waals surface area contributed by atoms with Gasteiger partial charge in [-0.1, -0.05) is 23.2 Å². The Hall–Kier alpha value is -0.290. The van der Waals surface area contributed by atoms with E-state index in [4.69, 9.17) is 23.2 Å². The van der Waals surface area contributed by atoms with E-state index in [2.05, 4.69) is 0 Å². The minimum atomic E-state index is -3.20. The molecule has 0 radical (unpaired) electrons. The molecule has 15 heavy (non-hydrogen) atoms. The van der Waals surface area contributed by atoms with Gasteiger partial charge in [0.25, 0.3) is 0 Å². The lowest BCUT2D eigenvalue weighted by molar-refractivity contribution is 0.472. The first-order chi connectivity index (χ1) is 6.80. The van der Waals surface area contributed by atoms with Crippen LogP contribution in [0.25, 0.3) is 0 Å². The van der Waals surface area contributed by atoms with Gasteiger partial charge in [0.1, 0.15) is 0 Å². The molecule has 0 N–H and O–H groups in total. The average Bonchev–Trinajstić information content (AvgIpc) is 2.09. The minimum Gasteiger partial charge on any atom is -0.213 e. The lowest BCUT2D eigenvalue weighted by atomic mass is 10.2. The Morgan fingerprint density at radius 1 is 1.33 bits per heavy atom. The highest BCUT2D eigenvalue weighted by atomic mass is 35.5. The van der Waals surface area contributed by atoms with Crippen LogP contribution in [0, 0.1) is 0 Å². The first kappa shape index (κ1) is 12.8. The van der Waals surface area contributed by atoms with Gasteiger partial charge in [-0.15, -0.1) is 0 Å². The number of halogens is 2. The van der Waals surface area contributed by atoms with Crippen LogP contribution >= 0.6 is 23.2 Å². The van der Waals surface area contributed by atoms with Gasteiger partial charge in [0, 0.05) is 23.6 Å². The van der Waals surface area contributed by atoms with Crippen molar-refractivity contribution < 1.29 is 8.42 Å². The lowest BCUT2D eigenvalue weighted by Gasteiger charge is -2.14. The van der Waals surface area contributed by atoms with E-state index in [9.17, 15) is 8.42 Å². The van der Waals surface area contributed by atoms with Crippen molar-refractivity contribution in [3.63, 3.8) is 0 Å². The second-order valence-corrected chi connectivity index (χ2v) is 6.19. The molecule has 0 bridgehead atoms. The Kier molecular flexibility index (Phi) is 4.00. The maximum atomic E-state index is 11.2. The van der Waals surface area contributed by atoms with Crippen LogP contribution in [0.15, 0.2) is 18.2 Å². The van der Waals surface area contributed by atoms with Gasteiger partial charge in [0.2, 0.25) is 10.0 Å². The summed E-state index contributed by atoms with van der Waals surface area (Å²) in [5, 5.41) is 1.05. The van der Waals surface area contributed by atoms with Gasteiger partial charge in [-0.25, -0.2) is 12.7 Å². The lowest BCUT2D eigenvalue weighted by Crippen LogP contribution is -2.25. The van der Waals surface area contributed by atoms with E-state index in [0.29, 0.717) is 15.6 Å². The number of nitrogens with zero attached hydrogens (tertiary/aromatic N) is 1. The van der Waals surface area contributed by atoms with Gasteiger partial charge in [0.15, 0.2) is 0 Å². The highest BCUT2D eigenvalue weighted by molar-refractivity contribution is 7.88. The van der Waals surface area contributed by atoms with E-state index >= 15 is 0 Å². The summed E-state index contributed by atoms with van der Waals surface area (Å²) < 4.78 is 23.6. The smallest absolute Gasteiger partial charge is 0.211 e. The Balaban J connectivity index is 2.95. The second-order valence-electron chi connectivity index (χ2n) is 3.25. The van der Waals surface area contributed by atoms with E-state index in [1.807, 2.05) is 0 Å². The van der Waals surface area contributed by atoms with Crippen molar-refractivity contribution in [1.82, 2.24) is 4.31 Å². The second kappa shape index (κ2) is 4.70. The van der Waals surface area contributed by atoms with Crippen LogP contribution in [-0.4, -0.2) is 26.0 Å². The molecule has 0 aliphatic carbocycles. The SMILES string of the molecule is CN(Cc1cc(Cl)ccc1Cl)S(C)(=O)=O. The van der Waals surface area contributed by atoms with Crippen molar-refractivity contribution in [2.24, 2.45) is 0 Å².